The fourth-order valence-electron chi connectivity index (χ4n) is 2.68. The molecular weight excluding hydrogens is 268 g/mol. The summed E-state index contributed by atoms with van der Waals surface area (Å²) in [6.45, 7) is 1.13. The van der Waals surface area contributed by atoms with E-state index < -0.39 is 0 Å². The molecule has 112 valence electrons. The van der Waals surface area contributed by atoms with E-state index in [1.165, 1.54) is 0 Å². The lowest BCUT2D eigenvalue weighted by Gasteiger charge is -2.31. The molecular formula is C16H20N2O3. The number of nitro groups is 1. The van der Waals surface area contributed by atoms with Crippen molar-refractivity contribution in [3.05, 3.63) is 52.1 Å². The molecule has 0 aromatic heterocycles. The zero-order valence-electron chi connectivity index (χ0n) is 12.1. The lowest BCUT2D eigenvalue weighted by atomic mass is 9.84. The van der Waals surface area contributed by atoms with Gasteiger partial charge >= 0.3 is 0 Å². The summed E-state index contributed by atoms with van der Waals surface area (Å²) >= 11 is 0. The molecule has 1 aliphatic heterocycles. The van der Waals surface area contributed by atoms with Gasteiger partial charge in [-0.1, -0.05) is 42.5 Å². The summed E-state index contributed by atoms with van der Waals surface area (Å²) in [6, 6.07) is 9.64. The van der Waals surface area contributed by atoms with Crippen LogP contribution in [0.3, 0.4) is 0 Å². The van der Waals surface area contributed by atoms with E-state index in [0.29, 0.717) is 13.0 Å². The highest BCUT2D eigenvalue weighted by Gasteiger charge is 2.33. The number of piperidine rings is 1. The molecule has 1 fully saturated rings. The lowest BCUT2D eigenvalue weighted by molar-refractivity contribution is -0.487. The van der Waals surface area contributed by atoms with E-state index in [0.717, 1.165) is 12.1 Å². The van der Waals surface area contributed by atoms with E-state index in [4.69, 9.17) is 0 Å². The third-order valence-corrected chi connectivity index (χ3v) is 3.87. The number of hydrogen-bond donors (Lipinski definition) is 0. The van der Waals surface area contributed by atoms with Crippen LogP contribution in [0, 0.1) is 22.0 Å². The number of likely N-dealkylation sites (tertiary alicyclic amines) is 1. The predicted molar refractivity (Wildman–Crippen MR) is 81.4 cm³/mol. The summed E-state index contributed by atoms with van der Waals surface area (Å²) in [6.07, 6.45) is 4.17. The Morgan fingerprint density at radius 2 is 2.14 bits per heavy atom. The SMILES string of the molecule is CN1CCC(=O)[C@H]([C@H](/C=C/c2ccccc2)C[N+](=O)[O-])C1. The van der Waals surface area contributed by atoms with Gasteiger partial charge in [0.2, 0.25) is 6.54 Å². The van der Waals surface area contributed by atoms with Crippen LogP contribution in [0.1, 0.15) is 12.0 Å². The average Bonchev–Trinajstić information content (AvgIpc) is 2.47. The summed E-state index contributed by atoms with van der Waals surface area (Å²) < 4.78 is 0. The van der Waals surface area contributed by atoms with Gasteiger partial charge in [-0.2, -0.15) is 0 Å². The van der Waals surface area contributed by atoms with Crippen molar-refractivity contribution in [1.29, 1.82) is 0 Å². The van der Waals surface area contributed by atoms with Gasteiger partial charge in [-0.3, -0.25) is 14.9 Å². The maximum atomic E-state index is 12.1. The van der Waals surface area contributed by atoms with Gasteiger partial charge < -0.3 is 4.90 Å². The molecule has 2 rings (SSSR count). The van der Waals surface area contributed by atoms with Crippen LogP contribution >= 0.6 is 0 Å². The van der Waals surface area contributed by atoms with Crippen molar-refractivity contribution in [3.8, 4) is 0 Å². The minimum Gasteiger partial charge on any atom is -0.305 e. The number of benzene rings is 1. The van der Waals surface area contributed by atoms with Crippen LogP contribution in [0.25, 0.3) is 6.08 Å². The maximum absolute atomic E-state index is 12.1. The highest BCUT2D eigenvalue weighted by molar-refractivity contribution is 5.82. The summed E-state index contributed by atoms with van der Waals surface area (Å²) in [5, 5.41) is 10.9. The molecule has 0 spiro atoms. The van der Waals surface area contributed by atoms with Crippen molar-refractivity contribution in [2.75, 3.05) is 26.7 Å². The molecule has 1 aliphatic rings. The van der Waals surface area contributed by atoms with Crippen molar-refractivity contribution in [2.24, 2.45) is 11.8 Å². The average molecular weight is 288 g/mol. The first-order valence-corrected chi connectivity index (χ1v) is 7.12. The minimum absolute atomic E-state index is 0.137. The molecule has 21 heavy (non-hydrogen) atoms. The largest absolute Gasteiger partial charge is 0.305 e. The van der Waals surface area contributed by atoms with E-state index in [-0.39, 0.29) is 29.1 Å². The second-order valence-corrected chi connectivity index (χ2v) is 5.53. The number of carbonyl (C=O) groups is 1. The molecule has 0 N–H and O–H groups in total. The Kier molecular flexibility index (Phi) is 5.22. The maximum Gasteiger partial charge on any atom is 0.210 e. The Hall–Kier alpha value is -2.01. The zero-order chi connectivity index (χ0) is 15.2. The molecule has 1 aromatic rings. The van der Waals surface area contributed by atoms with Gasteiger partial charge in [0.1, 0.15) is 5.78 Å². The second-order valence-electron chi connectivity index (χ2n) is 5.53. The van der Waals surface area contributed by atoms with Crippen LogP contribution in [-0.4, -0.2) is 42.3 Å². The van der Waals surface area contributed by atoms with Gasteiger partial charge in [0.05, 0.1) is 5.92 Å². The topological polar surface area (TPSA) is 63.5 Å². The Morgan fingerprint density at radius 3 is 2.81 bits per heavy atom. The monoisotopic (exact) mass is 288 g/mol. The summed E-state index contributed by atoms with van der Waals surface area (Å²) in [5.74, 6) is -0.498. The van der Waals surface area contributed by atoms with Crippen LogP contribution < -0.4 is 0 Å². The predicted octanol–water partition coefficient (Wildman–Crippen LogP) is 2.11. The van der Waals surface area contributed by atoms with Crippen LogP contribution in [0.4, 0.5) is 0 Å². The summed E-state index contributed by atoms with van der Waals surface area (Å²) in [7, 11) is 1.95. The van der Waals surface area contributed by atoms with Gasteiger partial charge in [0.25, 0.3) is 0 Å². The molecule has 1 aromatic carbocycles. The molecule has 0 aliphatic carbocycles. The number of carbonyl (C=O) groups excluding carboxylic acids is 1. The normalized spacial score (nSPS) is 21.6. The van der Waals surface area contributed by atoms with E-state index in [9.17, 15) is 14.9 Å². The summed E-state index contributed by atoms with van der Waals surface area (Å²) in [4.78, 5) is 24.7. The number of Topliss-reactive ketones (excluding diaryl/α,β-unsaturated/α-hetero) is 1. The van der Waals surface area contributed by atoms with Crippen LogP contribution in [0.15, 0.2) is 36.4 Å². The molecule has 0 bridgehead atoms. The van der Waals surface area contributed by atoms with Crippen LogP contribution in [-0.2, 0) is 4.79 Å². The van der Waals surface area contributed by atoms with Gasteiger partial charge in [-0.15, -0.1) is 0 Å². The molecule has 2 atom stereocenters. The van der Waals surface area contributed by atoms with E-state index in [1.807, 2.05) is 49.5 Å². The van der Waals surface area contributed by atoms with Gasteiger partial charge in [0, 0.05) is 30.4 Å². The molecule has 1 heterocycles. The molecule has 0 amide bonds. The zero-order valence-corrected chi connectivity index (χ0v) is 12.1. The number of rotatable bonds is 5. The van der Waals surface area contributed by atoms with Gasteiger partial charge in [-0.25, -0.2) is 0 Å². The van der Waals surface area contributed by atoms with E-state index >= 15 is 0 Å². The third kappa shape index (κ3) is 4.49. The second kappa shape index (κ2) is 7.13. The standard InChI is InChI=1S/C16H20N2O3/c1-17-10-9-16(19)15(12-17)14(11-18(20)21)8-7-13-5-3-2-4-6-13/h2-8,14-15H,9-12H2,1H3/b8-7+/t14-,15+/m1/s1. The fourth-order valence-corrected chi connectivity index (χ4v) is 2.68. The van der Waals surface area contributed by atoms with Gasteiger partial charge in [0.15, 0.2) is 0 Å². The highest BCUT2D eigenvalue weighted by Crippen LogP contribution is 2.23. The Bertz CT molecular complexity index is 528. The van der Waals surface area contributed by atoms with Crippen molar-refractivity contribution < 1.29 is 9.72 Å². The van der Waals surface area contributed by atoms with E-state index in [1.54, 1.807) is 0 Å². The molecule has 1 saturated heterocycles. The number of ketones is 1. The molecule has 0 saturated carbocycles. The first-order chi connectivity index (χ1) is 10.1. The van der Waals surface area contributed by atoms with E-state index in [2.05, 4.69) is 4.90 Å². The van der Waals surface area contributed by atoms with Crippen molar-refractivity contribution in [2.45, 2.75) is 6.42 Å². The molecule has 5 nitrogen and oxygen atoms in total. The Labute approximate surface area is 124 Å². The Morgan fingerprint density at radius 1 is 1.43 bits per heavy atom. The first kappa shape index (κ1) is 15.4. The first-order valence-electron chi connectivity index (χ1n) is 7.12. The minimum atomic E-state index is -0.351. The number of nitrogens with zero attached hydrogens (tertiary/aromatic N) is 2. The van der Waals surface area contributed by atoms with Gasteiger partial charge in [-0.05, 0) is 12.6 Å². The van der Waals surface area contributed by atoms with Crippen LogP contribution in [0.5, 0.6) is 0 Å². The smallest absolute Gasteiger partial charge is 0.210 e. The molecule has 5 heteroatoms. The fraction of sp³-hybridized carbons (Fsp3) is 0.438. The summed E-state index contributed by atoms with van der Waals surface area (Å²) in [5.41, 5.74) is 0.988. The van der Waals surface area contributed by atoms with Crippen LogP contribution in [0.2, 0.25) is 0 Å². The van der Waals surface area contributed by atoms with Crippen molar-refractivity contribution in [1.82, 2.24) is 4.90 Å². The number of hydrogen-bond acceptors (Lipinski definition) is 4. The lowest BCUT2D eigenvalue weighted by Crippen LogP contribution is -2.43. The van der Waals surface area contributed by atoms with Crippen molar-refractivity contribution in [3.63, 3.8) is 0 Å². The quantitative estimate of drug-likeness (QED) is 0.615. The highest BCUT2D eigenvalue weighted by atomic mass is 16.6. The Balaban J connectivity index is 2.15. The molecule has 0 radical (unpaired) electrons. The third-order valence-electron chi connectivity index (χ3n) is 3.87. The van der Waals surface area contributed by atoms with Crippen molar-refractivity contribution >= 4 is 11.9 Å². The molecule has 0 unspecified atom stereocenters.